The van der Waals surface area contributed by atoms with E-state index in [1.54, 1.807) is 0 Å². The van der Waals surface area contributed by atoms with E-state index in [-0.39, 0.29) is 5.41 Å². The molecule has 0 bridgehead atoms. The van der Waals surface area contributed by atoms with E-state index < -0.39 is 11.8 Å². The third kappa shape index (κ3) is 2.42. The summed E-state index contributed by atoms with van der Waals surface area (Å²) in [4.78, 5) is 0. The van der Waals surface area contributed by atoms with Crippen LogP contribution in [0.1, 0.15) is 78.6 Å². The summed E-state index contributed by atoms with van der Waals surface area (Å²) in [5, 5.41) is 10.9. The van der Waals surface area contributed by atoms with E-state index in [4.69, 9.17) is 0 Å². The molecule has 24 heavy (non-hydrogen) atoms. The Kier molecular flexibility index (Phi) is 4.69. The average molecular weight is 337 g/mol. The third-order valence-corrected chi connectivity index (χ3v) is 9.16. The van der Waals surface area contributed by atoms with Crippen LogP contribution in [0.3, 0.4) is 0 Å². The van der Waals surface area contributed by atoms with E-state index in [2.05, 4.69) is 33.9 Å². The standard InChI is InChI=1S/C20H33FO.C2H4/c1-18-9-6-14(21)12-13(18)4-5-15-16(18)7-10-19(2)17(15)8-11-20(19,3)22;1-2/h13-17,22H,4-12H2,1-3H3;1-2H2. The predicted octanol–water partition coefficient (Wildman–Crippen LogP) is 5.92. The van der Waals surface area contributed by atoms with Crippen LogP contribution < -0.4 is 0 Å². The molecule has 0 aromatic rings. The molecular weight excluding hydrogens is 299 g/mol. The van der Waals surface area contributed by atoms with Gasteiger partial charge in [-0.15, -0.1) is 13.2 Å². The van der Waals surface area contributed by atoms with Gasteiger partial charge in [0.05, 0.1) is 5.60 Å². The van der Waals surface area contributed by atoms with Gasteiger partial charge in [0.15, 0.2) is 0 Å². The molecule has 0 saturated heterocycles. The SMILES string of the molecule is C=C.CC12CCC(F)CC1CCC1C2CCC2(C)C1CCC2(C)O. The number of hydrogen-bond donors (Lipinski definition) is 1. The molecule has 2 heteroatoms. The smallest absolute Gasteiger partial charge is 0.100 e. The van der Waals surface area contributed by atoms with Gasteiger partial charge in [0, 0.05) is 0 Å². The summed E-state index contributed by atoms with van der Waals surface area (Å²) < 4.78 is 13.9. The fourth-order valence-electron chi connectivity index (χ4n) is 7.45. The zero-order valence-electron chi connectivity index (χ0n) is 16.0. The number of halogens is 1. The van der Waals surface area contributed by atoms with Gasteiger partial charge in [-0.3, -0.25) is 0 Å². The van der Waals surface area contributed by atoms with Crippen LogP contribution in [-0.2, 0) is 0 Å². The molecule has 8 atom stereocenters. The predicted molar refractivity (Wildman–Crippen MR) is 98.5 cm³/mol. The van der Waals surface area contributed by atoms with E-state index in [0.29, 0.717) is 17.3 Å². The van der Waals surface area contributed by atoms with Gasteiger partial charge < -0.3 is 5.11 Å². The first-order chi connectivity index (χ1) is 11.3. The first-order valence-electron chi connectivity index (χ1n) is 10.1. The number of fused-ring (bicyclic) bond motifs is 5. The van der Waals surface area contributed by atoms with Crippen LogP contribution in [0.5, 0.6) is 0 Å². The highest BCUT2D eigenvalue weighted by Gasteiger charge is 2.63. The molecule has 4 aliphatic rings. The van der Waals surface area contributed by atoms with Crippen LogP contribution in [-0.4, -0.2) is 16.9 Å². The van der Waals surface area contributed by atoms with Crippen molar-refractivity contribution in [2.45, 2.75) is 90.3 Å². The average Bonchev–Trinajstić information content (AvgIpc) is 2.80. The lowest BCUT2D eigenvalue weighted by Crippen LogP contribution is -2.56. The maximum Gasteiger partial charge on any atom is 0.100 e. The van der Waals surface area contributed by atoms with E-state index in [0.717, 1.165) is 37.5 Å². The van der Waals surface area contributed by atoms with Gasteiger partial charge in [-0.05, 0) is 99.2 Å². The molecule has 138 valence electrons. The molecule has 1 nitrogen and oxygen atoms in total. The molecule has 4 fully saturated rings. The lowest BCUT2D eigenvalue weighted by atomic mass is 9.44. The first-order valence-corrected chi connectivity index (χ1v) is 10.1. The molecule has 0 heterocycles. The minimum Gasteiger partial charge on any atom is -0.390 e. The van der Waals surface area contributed by atoms with E-state index >= 15 is 0 Å². The molecule has 0 radical (unpaired) electrons. The Hall–Kier alpha value is -0.370. The maximum atomic E-state index is 13.9. The normalized spacial score (nSPS) is 56.3. The lowest BCUT2D eigenvalue weighted by molar-refractivity contribution is -0.149. The summed E-state index contributed by atoms with van der Waals surface area (Å²) in [7, 11) is 0. The monoisotopic (exact) mass is 336 g/mol. The van der Waals surface area contributed by atoms with Crippen molar-refractivity contribution in [3.05, 3.63) is 13.2 Å². The zero-order valence-corrected chi connectivity index (χ0v) is 16.0. The Bertz CT molecular complexity index is 475. The first kappa shape index (κ1) is 18.4. The Morgan fingerprint density at radius 2 is 1.54 bits per heavy atom. The summed E-state index contributed by atoms with van der Waals surface area (Å²) in [5.74, 6) is 2.88. The van der Waals surface area contributed by atoms with Gasteiger partial charge >= 0.3 is 0 Å². The Labute approximate surface area is 148 Å². The molecule has 1 N–H and O–H groups in total. The van der Waals surface area contributed by atoms with Gasteiger partial charge in [0.2, 0.25) is 0 Å². The largest absolute Gasteiger partial charge is 0.390 e. The zero-order chi connectivity index (χ0) is 17.8. The van der Waals surface area contributed by atoms with E-state index in [9.17, 15) is 9.50 Å². The van der Waals surface area contributed by atoms with Crippen molar-refractivity contribution in [3.8, 4) is 0 Å². The van der Waals surface area contributed by atoms with Crippen molar-refractivity contribution in [2.24, 2.45) is 34.5 Å². The van der Waals surface area contributed by atoms with Crippen LogP contribution in [0.25, 0.3) is 0 Å². The summed E-state index contributed by atoms with van der Waals surface area (Å²) >= 11 is 0. The van der Waals surface area contributed by atoms with E-state index in [1.807, 2.05) is 0 Å². The Morgan fingerprint density at radius 1 is 0.875 bits per heavy atom. The molecule has 4 rings (SSSR count). The second kappa shape index (κ2) is 6.11. The molecule has 4 aliphatic carbocycles. The molecule has 4 saturated carbocycles. The number of aliphatic hydroxyl groups is 1. The molecule has 0 aromatic heterocycles. The second-order valence-electron chi connectivity index (χ2n) is 9.80. The fourth-order valence-corrected chi connectivity index (χ4v) is 7.45. The lowest BCUT2D eigenvalue weighted by Gasteiger charge is -2.61. The summed E-state index contributed by atoms with van der Waals surface area (Å²) in [6.45, 7) is 12.9. The van der Waals surface area contributed by atoms with E-state index in [1.165, 1.54) is 32.1 Å². The molecule has 0 aliphatic heterocycles. The van der Waals surface area contributed by atoms with Gasteiger partial charge in [-0.2, -0.15) is 0 Å². The molecule has 0 spiro atoms. The highest BCUT2D eigenvalue weighted by atomic mass is 19.1. The van der Waals surface area contributed by atoms with Gasteiger partial charge in [0.25, 0.3) is 0 Å². The molecule has 0 amide bonds. The Balaban J connectivity index is 0.000000815. The Morgan fingerprint density at radius 3 is 2.25 bits per heavy atom. The van der Waals surface area contributed by atoms with Crippen molar-refractivity contribution in [1.29, 1.82) is 0 Å². The number of alkyl halides is 1. The molecule has 8 unspecified atom stereocenters. The van der Waals surface area contributed by atoms with Crippen LogP contribution in [0, 0.1) is 34.5 Å². The van der Waals surface area contributed by atoms with Crippen LogP contribution in [0.15, 0.2) is 13.2 Å². The van der Waals surface area contributed by atoms with Crippen molar-refractivity contribution in [3.63, 3.8) is 0 Å². The van der Waals surface area contributed by atoms with Crippen LogP contribution in [0.2, 0.25) is 0 Å². The fraction of sp³-hybridized carbons (Fsp3) is 0.909. The minimum absolute atomic E-state index is 0.120. The highest BCUT2D eigenvalue weighted by molar-refractivity contribution is 5.12. The highest BCUT2D eigenvalue weighted by Crippen LogP contribution is 2.68. The van der Waals surface area contributed by atoms with Gasteiger partial charge in [-0.1, -0.05) is 13.8 Å². The van der Waals surface area contributed by atoms with Gasteiger partial charge in [0.1, 0.15) is 6.17 Å². The number of hydrogen-bond acceptors (Lipinski definition) is 1. The maximum absolute atomic E-state index is 13.9. The van der Waals surface area contributed by atoms with Crippen molar-refractivity contribution >= 4 is 0 Å². The molecule has 0 aromatic carbocycles. The third-order valence-electron chi connectivity index (χ3n) is 9.16. The second-order valence-corrected chi connectivity index (χ2v) is 9.80. The minimum atomic E-state index is -0.546. The quantitative estimate of drug-likeness (QED) is 0.544. The van der Waals surface area contributed by atoms with Gasteiger partial charge in [-0.25, -0.2) is 4.39 Å². The summed E-state index contributed by atoms with van der Waals surface area (Å²) in [6.07, 6.45) is 9.29. The van der Waals surface area contributed by atoms with Crippen molar-refractivity contribution in [2.75, 3.05) is 0 Å². The van der Waals surface area contributed by atoms with Crippen molar-refractivity contribution < 1.29 is 9.50 Å². The summed E-state index contributed by atoms with van der Waals surface area (Å²) in [5.41, 5.74) is 0.0208. The van der Waals surface area contributed by atoms with Crippen molar-refractivity contribution in [1.82, 2.24) is 0 Å². The number of rotatable bonds is 0. The topological polar surface area (TPSA) is 20.2 Å². The summed E-state index contributed by atoms with van der Waals surface area (Å²) in [6, 6.07) is 0. The molecular formula is C22H37FO. The van der Waals surface area contributed by atoms with Crippen LogP contribution >= 0.6 is 0 Å². The van der Waals surface area contributed by atoms with Crippen LogP contribution in [0.4, 0.5) is 4.39 Å².